The number of hydrogen-bond donors (Lipinski definition) is 0. The number of rotatable bonds is 8. The molecule has 7 unspecified atom stereocenters. The van der Waals surface area contributed by atoms with Crippen molar-refractivity contribution in [2.75, 3.05) is 14.1 Å². The Morgan fingerprint density at radius 2 is 1.35 bits per heavy atom. The Hall–Kier alpha value is -7.96. The molecule has 13 rings (SSSR count). The van der Waals surface area contributed by atoms with Crippen molar-refractivity contribution in [1.82, 2.24) is 14.4 Å². The van der Waals surface area contributed by atoms with Crippen molar-refractivity contribution in [3.8, 4) is 16.8 Å². The Bertz CT molecular complexity index is 3760. The number of likely N-dealkylation sites (N-methyl/N-ethyl adjacent to an activating group) is 2. The van der Waals surface area contributed by atoms with Crippen LogP contribution in [-0.4, -0.2) is 52.3 Å². The molecule has 0 N–H and O–H groups in total. The van der Waals surface area contributed by atoms with E-state index in [1.54, 1.807) is 0 Å². The number of hydrogen-bond acceptors (Lipinski definition) is 5. The second-order valence-corrected chi connectivity index (χ2v) is 21.7. The van der Waals surface area contributed by atoms with Crippen LogP contribution in [0.1, 0.15) is 74.5 Å². The summed E-state index contributed by atoms with van der Waals surface area (Å²) in [5.41, 5.74) is 16.3. The van der Waals surface area contributed by atoms with Crippen molar-refractivity contribution in [1.29, 1.82) is 0 Å². The van der Waals surface area contributed by atoms with Gasteiger partial charge in [-0.1, -0.05) is 161 Å². The van der Waals surface area contributed by atoms with Gasteiger partial charge in [-0.15, -0.1) is 0 Å². The summed E-state index contributed by atoms with van der Waals surface area (Å²) in [5.74, 6) is 4.27. The summed E-state index contributed by atoms with van der Waals surface area (Å²) in [6.07, 6.45) is 21.6. The molecule has 3 aliphatic carbocycles. The maximum Gasteiger partial charge on any atom is 0.157 e. The molecule has 0 spiro atoms. The second-order valence-electron chi connectivity index (χ2n) is 21.7. The van der Waals surface area contributed by atoms with Crippen LogP contribution in [0.15, 0.2) is 220 Å². The van der Waals surface area contributed by atoms with Crippen LogP contribution in [0.25, 0.3) is 60.7 Å². The zero-order valence-electron chi connectivity index (χ0n) is 43.3. The van der Waals surface area contributed by atoms with Gasteiger partial charge in [0.25, 0.3) is 0 Å². The van der Waals surface area contributed by atoms with E-state index in [0.29, 0.717) is 17.8 Å². The first-order chi connectivity index (χ1) is 36.2. The largest absolute Gasteiger partial charge is 0.460 e. The van der Waals surface area contributed by atoms with Gasteiger partial charge in [0.05, 0.1) is 17.1 Å². The van der Waals surface area contributed by atoms with E-state index in [4.69, 9.17) is 14.4 Å². The van der Waals surface area contributed by atoms with Crippen LogP contribution in [0, 0.1) is 23.7 Å². The first-order valence-electron chi connectivity index (χ1n) is 26.8. The van der Waals surface area contributed by atoms with Crippen LogP contribution in [0.2, 0.25) is 0 Å². The molecule has 7 atom stereocenters. The fourth-order valence-electron chi connectivity index (χ4n) is 12.7. The highest BCUT2D eigenvalue weighted by Gasteiger charge is 2.46. The van der Waals surface area contributed by atoms with Gasteiger partial charge >= 0.3 is 0 Å². The number of allylic oxidation sites excluding steroid dienone is 8. The van der Waals surface area contributed by atoms with E-state index >= 15 is 0 Å². The lowest BCUT2D eigenvalue weighted by Gasteiger charge is -2.45. The zero-order chi connectivity index (χ0) is 50.2. The molecule has 2 aliphatic heterocycles. The van der Waals surface area contributed by atoms with Crippen LogP contribution in [0.4, 0.5) is 0 Å². The molecule has 5 aliphatic rings. The molecule has 0 saturated heterocycles. The molecule has 0 fully saturated rings. The summed E-state index contributed by atoms with van der Waals surface area (Å²) in [4.78, 5) is 16.3. The molecular weight excluding hydrogens is 903 g/mol. The lowest BCUT2D eigenvalue weighted by atomic mass is 9.67. The van der Waals surface area contributed by atoms with E-state index < -0.39 is 0 Å². The van der Waals surface area contributed by atoms with Crippen molar-refractivity contribution in [2.45, 2.75) is 65.1 Å². The standard InChI is InChI=1S/C68H63N5O/c1-42-29-31-47(32-30-42)51-37-50(46-20-10-7-11-21-46)38-52(39-51)53-40-58(66-69-67(48-22-12-8-13-23-48)72(6)68(70-66)49-24-18-19-43(2)35-49)63(71(5)41-53)61-45(4)44(3)36-57-62-60(74-65(57)61)34-33-56-55-27-16-17-28-59(55)73(64(56)62)54-25-14-9-15-26-54/h7-18,20-29,31-35,37-45,61,63,68H,19,30,36H2,1-6H3. The summed E-state index contributed by atoms with van der Waals surface area (Å²) in [7, 11) is 4.43. The predicted molar refractivity (Wildman–Crippen MR) is 309 cm³/mol. The molecule has 366 valence electrons. The van der Waals surface area contributed by atoms with E-state index in [1.807, 2.05) is 0 Å². The molecule has 8 aromatic rings. The number of amidine groups is 2. The summed E-state index contributed by atoms with van der Waals surface area (Å²) in [5, 5.41) is 3.71. The maximum absolute atomic E-state index is 7.45. The number of benzene rings is 6. The molecule has 2 aromatic heterocycles. The SMILES string of the molecule is CC1C=CC(c2cc(C3=CN(C)C(C4c5oc6ccc7c8ccccc8n(-c8ccccc8)c7c6c5CC(C)C4C)C(C4=NC(C5=CC(C)CC=C5)N(C)C(c5ccccc5)=N4)=C3)cc(-c3ccccc3)c2)=CC1. The van der Waals surface area contributed by atoms with Crippen LogP contribution in [-0.2, 0) is 6.42 Å². The van der Waals surface area contributed by atoms with Gasteiger partial charge in [-0.25, -0.2) is 9.98 Å². The molecule has 0 radical (unpaired) electrons. The monoisotopic (exact) mass is 966 g/mol. The molecule has 6 aromatic carbocycles. The van der Waals surface area contributed by atoms with E-state index in [1.165, 1.54) is 60.6 Å². The van der Waals surface area contributed by atoms with Crippen molar-refractivity contribution >= 4 is 55.6 Å². The number of aromatic nitrogens is 1. The van der Waals surface area contributed by atoms with Crippen LogP contribution < -0.4 is 0 Å². The zero-order valence-corrected chi connectivity index (χ0v) is 43.3. The fraction of sp³-hybridized carbons (Fsp3) is 0.235. The van der Waals surface area contributed by atoms with Crippen LogP contribution >= 0.6 is 0 Å². The average Bonchev–Trinajstić information content (AvgIpc) is 4.02. The van der Waals surface area contributed by atoms with Gasteiger partial charge in [0.15, 0.2) is 5.84 Å². The Morgan fingerprint density at radius 3 is 2.09 bits per heavy atom. The highest BCUT2D eigenvalue weighted by Crippen LogP contribution is 2.52. The van der Waals surface area contributed by atoms with E-state index in [-0.39, 0.29) is 24.0 Å². The van der Waals surface area contributed by atoms with Gasteiger partial charge in [0, 0.05) is 64.8 Å². The third-order valence-electron chi connectivity index (χ3n) is 16.7. The lowest BCUT2D eigenvalue weighted by Crippen LogP contribution is -2.47. The van der Waals surface area contributed by atoms with Gasteiger partial charge in [-0.05, 0) is 137 Å². The van der Waals surface area contributed by atoms with Gasteiger partial charge in [0.1, 0.15) is 23.3 Å². The highest BCUT2D eigenvalue weighted by atomic mass is 16.3. The number of aliphatic imine (C=N–C) groups is 2. The Balaban J connectivity index is 1.05. The summed E-state index contributed by atoms with van der Waals surface area (Å²) < 4.78 is 9.92. The minimum atomic E-state index is -0.268. The molecule has 0 saturated carbocycles. The van der Waals surface area contributed by atoms with Crippen molar-refractivity contribution in [2.24, 2.45) is 33.7 Å². The summed E-state index contributed by atoms with van der Waals surface area (Å²) >= 11 is 0. The smallest absolute Gasteiger partial charge is 0.157 e. The molecule has 0 bridgehead atoms. The maximum atomic E-state index is 7.45. The Kier molecular flexibility index (Phi) is 11.5. The summed E-state index contributed by atoms with van der Waals surface area (Å²) in [6, 6.07) is 52.7. The van der Waals surface area contributed by atoms with Gasteiger partial charge in [-0.2, -0.15) is 0 Å². The number of fused-ring (bicyclic) bond motifs is 7. The number of para-hydroxylation sites is 2. The van der Waals surface area contributed by atoms with Crippen molar-refractivity contribution in [3.63, 3.8) is 0 Å². The van der Waals surface area contributed by atoms with Crippen LogP contribution in [0.5, 0.6) is 0 Å². The van der Waals surface area contributed by atoms with E-state index in [0.717, 1.165) is 70.2 Å². The number of nitrogens with zero attached hydrogens (tertiary/aromatic N) is 5. The molecule has 0 amide bonds. The van der Waals surface area contributed by atoms with Crippen molar-refractivity contribution in [3.05, 3.63) is 233 Å². The third-order valence-corrected chi connectivity index (χ3v) is 16.7. The molecule has 74 heavy (non-hydrogen) atoms. The third kappa shape index (κ3) is 7.85. The average molecular weight is 966 g/mol. The van der Waals surface area contributed by atoms with E-state index in [2.05, 4.69) is 250 Å². The second kappa shape index (κ2) is 18.5. The molecule has 4 heterocycles. The predicted octanol–water partition coefficient (Wildman–Crippen LogP) is 16.0. The lowest BCUT2D eigenvalue weighted by molar-refractivity contribution is 0.190. The summed E-state index contributed by atoms with van der Waals surface area (Å²) in [6.45, 7) is 9.49. The number of furan rings is 1. The van der Waals surface area contributed by atoms with E-state index in [9.17, 15) is 0 Å². The first kappa shape index (κ1) is 45.9. The highest BCUT2D eigenvalue weighted by molar-refractivity contribution is 6.19. The molecular formula is C68H63N5O. The van der Waals surface area contributed by atoms with Gasteiger partial charge < -0.3 is 18.8 Å². The minimum Gasteiger partial charge on any atom is -0.460 e. The minimum absolute atomic E-state index is 0.0319. The normalized spacial score (nSPS) is 23.8. The molecule has 6 nitrogen and oxygen atoms in total. The first-order valence-corrected chi connectivity index (χ1v) is 26.8. The quantitative estimate of drug-likeness (QED) is 0.152. The molecule has 6 heteroatoms. The fourth-order valence-corrected chi connectivity index (χ4v) is 12.7. The Labute approximate surface area is 435 Å². The topological polar surface area (TPSA) is 49.3 Å². The van der Waals surface area contributed by atoms with Gasteiger partial charge in [-0.3, -0.25) is 0 Å². The van der Waals surface area contributed by atoms with Crippen LogP contribution in [0.3, 0.4) is 0 Å². The van der Waals surface area contributed by atoms with Crippen molar-refractivity contribution < 1.29 is 4.42 Å². The van der Waals surface area contributed by atoms with Gasteiger partial charge in [0.2, 0.25) is 0 Å². The Morgan fingerprint density at radius 1 is 0.649 bits per heavy atom.